The first-order chi connectivity index (χ1) is 10.9. The van der Waals surface area contributed by atoms with Crippen molar-refractivity contribution in [3.63, 3.8) is 0 Å². The second-order valence-corrected chi connectivity index (χ2v) is 7.59. The Morgan fingerprint density at radius 2 is 2.13 bits per heavy atom. The van der Waals surface area contributed by atoms with Gasteiger partial charge in [0, 0.05) is 11.6 Å². The van der Waals surface area contributed by atoms with E-state index >= 15 is 0 Å². The highest BCUT2D eigenvalue weighted by molar-refractivity contribution is 6.21. The molecule has 0 aliphatic heterocycles. The molecule has 1 fully saturated rings. The van der Waals surface area contributed by atoms with Crippen molar-refractivity contribution in [2.45, 2.75) is 38.5 Å². The number of esters is 1. The first-order valence-electron chi connectivity index (χ1n) is 8.03. The highest BCUT2D eigenvalue weighted by Gasteiger charge is 2.39. The summed E-state index contributed by atoms with van der Waals surface area (Å²) < 4.78 is 4.87. The fourth-order valence-corrected chi connectivity index (χ4v) is 3.79. The Morgan fingerprint density at radius 3 is 2.78 bits per heavy atom. The van der Waals surface area contributed by atoms with Crippen LogP contribution in [0.2, 0.25) is 0 Å². The topological polar surface area (TPSA) is 39.2 Å². The normalized spacial score (nSPS) is 16.3. The van der Waals surface area contributed by atoms with Crippen LogP contribution in [-0.2, 0) is 4.74 Å². The number of carbonyl (C=O) groups excluding carboxylic acids is 1. The molecule has 0 N–H and O–H groups in total. The Hall–Kier alpha value is -1.61. The lowest BCUT2D eigenvalue weighted by Gasteiger charge is -2.27. The van der Waals surface area contributed by atoms with Gasteiger partial charge < -0.3 is 4.74 Å². The predicted octanol–water partition coefficient (Wildman–Crippen LogP) is 5.13. The van der Waals surface area contributed by atoms with E-state index in [9.17, 15) is 4.79 Å². The summed E-state index contributed by atoms with van der Waals surface area (Å²) in [7, 11) is 1.39. The zero-order valence-electron chi connectivity index (χ0n) is 13.8. The highest BCUT2D eigenvalue weighted by Crippen LogP contribution is 2.50. The third-order valence-electron chi connectivity index (χ3n) is 4.92. The molecule has 2 aromatic rings. The fraction of sp³-hybridized carbons (Fsp3) is 0.474. The minimum absolute atomic E-state index is 0.0688. The van der Waals surface area contributed by atoms with Crippen LogP contribution in [0.1, 0.15) is 54.4 Å². The lowest BCUT2D eigenvalue weighted by atomic mass is 9.81. The largest absolute Gasteiger partial charge is 0.465 e. The third kappa shape index (κ3) is 3.35. The van der Waals surface area contributed by atoms with Crippen LogP contribution in [0.4, 0.5) is 0 Å². The Labute approximate surface area is 142 Å². The van der Waals surface area contributed by atoms with Crippen molar-refractivity contribution >= 4 is 28.5 Å². The molecule has 3 nitrogen and oxygen atoms in total. The van der Waals surface area contributed by atoms with Gasteiger partial charge in [0.1, 0.15) is 0 Å². The van der Waals surface area contributed by atoms with Gasteiger partial charge >= 0.3 is 5.97 Å². The van der Waals surface area contributed by atoms with Gasteiger partial charge in [-0.05, 0) is 54.4 Å². The van der Waals surface area contributed by atoms with Crippen LogP contribution >= 0.6 is 11.6 Å². The molecule has 23 heavy (non-hydrogen) atoms. The summed E-state index contributed by atoms with van der Waals surface area (Å²) in [6.45, 7) is 4.59. The van der Waals surface area contributed by atoms with E-state index in [1.54, 1.807) is 12.3 Å². The SMILES string of the molecule is COC(=O)c1ccnc2ccc(C(Cl)CC(C)(C)C3CC3)cc12. The Balaban J connectivity index is 1.93. The molecule has 1 aliphatic carbocycles. The molecule has 1 aromatic carbocycles. The molecule has 0 spiro atoms. The number of halogens is 1. The van der Waals surface area contributed by atoms with E-state index in [0.29, 0.717) is 5.56 Å². The molecule has 1 heterocycles. The molecule has 0 bridgehead atoms. The molecule has 0 radical (unpaired) electrons. The number of hydrogen-bond donors (Lipinski definition) is 0. The van der Waals surface area contributed by atoms with E-state index < -0.39 is 0 Å². The van der Waals surface area contributed by atoms with Gasteiger partial charge in [0.25, 0.3) is 0 Å². The van der Waals surface area contributed by atoms with Gasteiger partial charge in [0.2, 0.25) is 0 Å². The number of nitrogens with zero attached hydrogens (tertiary/aromatic N) is 1. The molecular formula is C19H22ClNO2. The third-order valence-corrected chi connectivity index (χ3v) is 5.33. The Bertz CT molecular complexity index is 737. The lowest BCUT2D eigenvalue weighted by molar-refractivity contribution is 0.0603. The zero-order chi connectivity index (χ0) is 16.6. The van der Waals surface area contributed by atoms with Gasteiger partial charge in [-0.3, -0.25) is 4.98 Å². The minimum Gasteiger partial charge on any atom is -0.465 e. The van der Waals surface area contributed by atoms with E-state index in [4.69, 9.17) is 16.3 Å². The second kappa shape index (κ2) is 6.12. The number of alkyl halides is 1. The average Bonchev–Trinajstić information content (AvgIpc) is 3.38. The number of ether oxygens (including phenoxy) is 1. The van der Waals surface area contributed by atoms with Gasteiger partial charge in [0.15, 0.2) is 0 Å². The molecular weight excluding hydrogens is 310 g/mol. The van der Waals surface area contributed by atoms with E-state index in [-0.39, 0.29) is 16.8 Å². The molecule has 0 amide bonds. The van der Waals surface area contributed by atoms with Crippen LogP contribution in [0.15, 0.2) is 30.5 Å². The molecule has 0 saturated heterocycles. The molecule has 1 saturated carbocycles. The van der Waals surface area contributed by atoms with Crippen LogP contribution in [0.25, 0.3) is 10.9 Å². The van der Waals surface area contributed by atoms with Gasteiger partial charge in [-0.25, -0.2) is 4.79 Å². The van der Waals surface area contributed by atoms with E-state index in [1.807, 2.05) is 18.2 Å². The van der Waals surface area contributed by atoms with Gasteiger partial charge in [0.05, 0.1) is 23.6 Å². The summed E-state index contributed by atoms with van der Waals surface area (Å²) >= 11 is 6.69. The smallest absolute Gasteiger partial charge is 0.338 e. The van der Waals surface area contributed by atoms with Crippen LogP contribution in [0, 0.1) is 11.3 Å². The van der Waals surface area contributed by atoms with Crippen molar-refractivity contribution in [2.75, 3.05) is 7.11 Å². The number of carbonyl (C=O) groups is 1. The van der Waals surface area contributed by atoms with Crippen molar-refractivity contribution in [2.24, 2.45) is 11.3 Å². The number of aromatic nitrogens is 1. The van der Waals surface area contributed by atoms with E-state index in [1.165, 1.54) is 20.0 Å². The first-order valence-corrected chi connectivity index (χ1v) is 8.47. The van der Waals surface area contributed by atoms with Crippen molar-refractivity contribution in [3.8, 4) is 0 Å². The predicted molar refractivity (Wildman–Crippen MR) is 92.8 cm³/mol. The molecule has 1 aromatic heterocycles. The standard InChI is InChI=1S/C19H22ClNO2/c1-19(2,13-5-6-13)11-16(20)12-4-7-17-15(10-12)14(8-9-21-17)18(22)23-3/h4,7-10,13,16H,5-6,11H2,1-3H3. The Kier molecular flexibility index (Phi) is 4.33. The minimum atomic E-state index is -0.348. The Morgan fingerprint density at radius 1 is 1.39 bits per heavy atom. The van der Waals surface area contributed by atoms with Gasteiger partial charge in [-0.15, -0.1) is 11.6 Å². The van der Waals surface area contributed by atoms with Crippen molar-refractivity contribution in [1.29, 1.82) is 0 Å². The number of fused-ring (bicyclic) bond motifs is 1. The van der Waals surface area contributed by atoms with E-state index in [2.05, 4.69) is 18.8 Å². The quantitative estimate of drug-likeness (QED) is 0.563. The van der Waals surface area contributed by atoms with E-state index in [0.717, 1.165) is 28.8 Å². The highest BCUT2D eigenvalue weighted by atomic mass is 35.5. The first kappa shape index (κ1) is 16.3. The molecule has 122 valence electrons. The summed E-state index contributed by atoms with van der Waals surface area (Å²) in [5.74, 6) is 0.440. The van der Waals surface area contributed by atoms with Gasteiger partial charge in [-0.1, -0.05) is 19.9 Å². The van der Waals surface area contributed by atoms with Crippen LogP contribution in [0.3, 0.4) is 0 Å². The second-order valence-electron chi connectivity index (χ2n) is 7.06. The number of methoxy groups -OCH3 is 1. The summed E-state index contributed by atoms with van der Waals surface area (Å²) in [6.07, 6.45) is 5.18. The molecule has 1 aliphatic rings. The van der Waals surface area contributed by atoms with Crippen molar-refractivity contribution < 1.29 is 9.53 Å². The molecule has 3 rings (SSSR count). The zero-order valence-corrected chi connectivity index (χ0v) is 14.6. The van der Waals surface area contributed by atoms with Gasteiger partial charge in [-0.2, -0.15) is 0 Å². The van der Waals surface area contributed by atoms with Crippen LogP contribution in [0.5, 0.6) is 0 Å². The number of hydrogen-bond acceptors (Lipinski definition) is 3. The van der Waals surface area contributed by atoms with Crippen molar-refractivity contribution in [3.05, 3.63) is 41.6 Å². The maximum absolute atomic E-state index is 12.0. The van der Waals surface area contributed by atoms with Crippen LogP contribution in [-0.4, -0.2) is 18.1 Å². The summed E-state index contributed by atoms with van der Waals surface area (Å²) in [5.41, 5.74) is 2.60. The number of benzene rings is 1. The molecule has 4 heteroatoms. The monoisotopic (exact) mass is 331 g/mol. The van der Waals surface area contributed by atoms with Crippen molar-refractivity contribution in [1.82, 2.24) is 4.98 Å². The molecule has 1 unspecified atom stereocenters. The maximum Gasteiger partial charge on any atom is 0.338 e. The summed E-state index contributed by atoms with van der Waals surface area (Å²) in [4.78, 5) is 16.3. The maximum atomic E-state index is 12.0. The summed E-state index contributed by atoms with van der Waals surface area (Å²) in [6, 6.07) is 7.61. The average molecular weight is 332 g/mol. The number of rotatable bonds is 5. The lowest BCUT2D eigenvalue weighted by Crippen LogP contribution is -2.16. The molecule has 1 atom stereocenters. The number of pyridine rings is 1. The summed E-state index contributed by atoms with van der Waals surface area (Å²) in [5, 5.41) is 0.729. The van der Waals surface area contributed by atoms with Crippen LogP contribution < -0.4 is 0 Å². The fourth-order valence-electron chi connectivity index (χ4n) is 3.26.